The Morgan fingerprint density at radius 3 is 2.74 bits per heavy atom. The highest BCUT2D eigenvalue weighted by Crippen LogP contribution is 2.20. The van der Waals surface area contributed by atoms with Gasteiger partial charge >= 0.3 is 0 Å². The Hall–Kier alpha value is -1.67. The zero-order valence-electron chi connectivity index (χ0n) is 12.7. The highest BCUT2D eigenvalue weighted by molar-refractivity contribution is 14.1. The Morgan fingerprint density at radius 1 is 1.09 bits per heavy atom. The van der Waals surface area contributed by atoms with Crippen LogP contribution in [-0.4, -0.2) is 46.0 Å². The molecule has 5 nitrogen and oxygen atoms in total. The van der Waals surface area contributed by atoms with E-state index in [2.05, 4.69) is 71.7 Å². The van der Waals surface area contributed by atoms with E-state index in [-0.39, 0.29) is 0 Å². The number of halogens is 1. The Morgan fingerprint density at radius 2 is 1.96 bits per heavy atom. The lowest BCUT2D eigenvalue weighted by atomic mass is 10.2. The number of hydrogen-bond donors (Lipinski definition) is 1. The summed E-state index contributed by atoms with van der Waals surface area (Å²) in [4.78, 5) is 17.0. The van der Waals surface area contributed by atoms with Crippen molar-refractivity contribution in [2.45, 2.75) is 6.54 Å². The molecule has 23 heavy (non-hydrogen) atoms. The zero-order chi connectivity index (χ0) is 15.6. The first-order valence-corrected chi connectivity index (χ1v) is 8.87. The minimum absolute atomic E-state index is 0.972. The van der Waals surface area contributed by atoms with Gasteiger partial charge in [0, 0.05) is 60.3 Å². The highest BCUT2D eigenvalue weighted by Gasteiger charge is 2.19. The molecule has 0 atom stereocenters. The van der Waals surface area contributed by atoms with Gasteiger partial charge in [-0.1, -0.05) is 0 Å². The van der Waals surface area contributed by atoms with E-state index in [9.17, 15) is 0 Å². The van der Waals surface area contributed by atoms with Crippen molar-refractivity contribution in [3.63, 3.8) is 0 Å². The lowest BCUT2D eigenvalue weighted by molar-refractivity contribution is 0.250. The molecule has 1 saturated heterocycles. The quantitative estimate of drug-likeness (QED) is 0.664. The van der Waals surface area contributed by atoms with Crippen molar-refractivity contribution in [1.29, 1.82) is 0 Å². The van der Waals surface area contributed by atoms with E-state index in [0.29, 0.717) is 0 Å². The fourth-order valence-corrected chi connectivity index (χ4v) is 3.39. The summed E-state index contributed by atoms with van der Waals surface area (Å²) in [6, 6.07) is 8.37. The van der Waals surface area contributed by atoms with Crippen molar-refractivity contribution >= 4 is 39.4 Å². The summed E-state index contributed by atoms with van der Waals surface area (Å²) in [5, 5.41) is 1.23. The van der Waals surface area contributed by atoms with Crippen LogP contribution in [0.4, 0.5) is 5.82 Å². The fraction of sp³-hybridized carbons (Fsp3) is 0.294. The second kappa shape index (κ2) is 6.45. The lowest BCUT2D eigenvalue weighted by Gasteiger charge is -2.35. The molecule has 0 bridgehead atoms. The van der Waals surface area contributed by atoms with Crippen LogP contribution in [0.1, 0.15) is 5.56 Å². The molecule has 1 N–H and O–H groups in total. The summed E-state index contributed by atoms with van der Waals surface area (Å²) in [6.07, 6.45) is 5.85. The number of nitrogens with zero attached hydrogens (tertiary/aromatic N) is 4. The smallest absolute Gasteiger partial charge is 0.137 e. The van der Waals surface area contributed by atoms with Crippen molar-refractivity contribution in [3.8, 4) is 0 Å². The molecule has 0 aromatic carbocycles. The van der Waals surface area contributed by atoms with E-state index in [1.807, 2.05) is 18.5 Å². The number of hydrogen-bond acceptors (Lipinski definition) is 4. The number of rotatable bonds is 3. The average molecular weight is 419 g/mol. The van der Waals surface area contributed by atoms with Gasteiger partial charge in [-0.15, -0.1) is 0 Å². The third-order valence-corrected chi connectivity index (χ3v) is 4.98. The number of nitrogens with one attached hydrogen (secondary N) is 1. The molecule has 0 amide bonds. The number of aromatic amines is 1. The molecule has 0 saturated carbocycles. The van der Waals surface area contributed by atoms with E-state index in [0.717, 1.165) is 44.2 Å². The maximum Gasteiger partial charge on any atom is 0.137 e. The number of fused-ring (bicyclic) bond motifs is 1. The topological polar surface area (TPSA) is 48.0 Å². The number of anilines is 1. The van der Waals surface area contributed by atoms with Gasteiger partial charge in [0.1, 0.15) is 11.5 Å². The molecule has 0 radical (unpaired) electrons. The van der Waals surface area contributed by atoms with Gasteiger partial charge in [-0.25, -0.2) is 9.97 Å². The van der Waals surface area contributed by atoms with Gasteiger partial charge in [-0.3, -0.25) is 4.90 Å². The summed E-state index contributed by atoms with van der Waals surface area (Å²) in [6.45, 7) is 5.13. The van der Waals surface area contributed by atoms with E-state index in [4.69, 9.17) is 0 Å². The van der Waals surface area contributed by atoms with Crippen LogP contribution in [0.5, 0.6) is 0 Å². The molecule has 6 heteroatoms. The van der Waals surface area contributed by atoms with Gasteiger partial charge in [0.15, 0.2) is 0 Å². The molecular formula is C17H18IN5. The van der Waals surface area contributed by atoms with Crippen LogP contribution in [0.3, 0.4) is 0 Å². The maximum atomic E-state index is 4.53. The van der Waals surface area contributed by atoms with E-state index in [1.165, 1.54) is 14.5 Å². The van der Waals surface area contributed by atoms with Gasteiger partial charge in [0.05, 0.1) is 0 Å². The molecule has 1 fully saturated rings. The Labute approximate surface area is 148 Å². The number of aromatic nitrogens is 3. The van der Waals surface area contributed by atoms with Crippen LogP contribution in [0.25, 0.3) is 11.0 Å². The van der Waals surface area contributed by atoms with Gasteiger partial charge in [-0.05, 0) is 52.4 Å². The SMILES string of the molecule is Ic1ccc(N2CCN(Cc3c[nH]c4ncccc34)CC2)nc1. The molecule has 118 valence electrons. The Kier molecular flexibility index (Phi) is 4.17. The maximum absolute atomic E-state index is 4.53. The Bertz CT molecular complexity index is 790. The van der Waals surface area contributed by atoms with Crippen LogP contribution in [0.15, 0.2) is 42.9 Å². The first kappa shape index (κ1) is 14.9. The van der Waals surface area contributed by atoms with Gasteiger partial charge in [-0.2, -0.15) is 0 Å². The third kappa shape index (κ3) is 3.18. The second-order valence-electron chi connectivity index (χ2n) is 5.81. The van der Waals surface area contributed by atoms with Crippen molar-refractivity contribution in [2.24, 2.45) is 0 Å². The van der Waals surface area contributed by atoms with Crippen molar-refractivity contribution in [1.82, 2.24) is 19.9 Å². The molecule has 1 aliphatic heterocycles. The van der Waals surface area contributed by atoms with Crippen molar-refractivity contribution < 1.29 is 0 Å². The van der Waals surface area contributed by atoms with E-state index in [1.54, 1.807) is 0 Å². The number of H-pyrrole nitrogens is 1. The molecule has 3 aromatic rings. The van der Waals surface area contributed by atoms with Crippen LogP contribution >= 0.6 is 22.6 Å². The predicted molar refractivity (Wildman–Crippen MR) is 101 cm³/mol. The molecule has 4 heterocycles. The van der Waals surface area contributed by atoms with Gasteiger partial charge in [0.25, 0.3) is 0 Å². The molecule has 3 aromatic heterocycles. The zero-order valence-corrected chi connectivity index (χ0v) is 14.9. The minimum atomic E-state index is 0.972. The summed E-state index contributed by atoms with van der Waals surface area (Å²) in [5.74, 6) is 1.08. The van der Waals surface area contributed by atoms with Crippen LogP contribution in [-0.2, 0) is 6.54 Å². The minimum Gasteiger partial charge on any atom is -0.354 e. The average Bonchev–Trinajstić information content (AvgIpc) is 3.00. The van der Waals surface area contributed by atoms with Gasteiger partial charge in [0.2, 0.25) is 0 Å². The molecule has 4 rings (SSSR count). The lowest BCUT2D eigenvalue weighted by Crippen LogP contribution is -2.46. The number of pyridine rings is 2. The number of piperazine rings is 1. The fourth-order valence-electron chi connectivity index (χ4n) is 3.07. The van der Waals surface area contributed by atoms with Crippen molar-refractivity contribution in [3.05, 3.63) is 52.0 Å². The third-order valence-electron chi connectivity index (χ3n) is 4.34. The highest BCUT2D eigenvalue weighted by atomic mass is 127. The summed E-state index contributed by atoms with van der Waals surface area (Å²) >= 11 is 2.29. The van der Waals surface area contributed by atoms with Crippen molar-refractivity contribution in [2.75, 3.05) is 31.1 Å². The first-order valence-electron chi connectivity index (χ1n) is 7.79. The van der Waals surface area contributed by atoms with Crippen LogP contribution in [0.2, 0.25) is 0 Å². The largest absolute Gasteiger partial charge is 0.354 e. The van der Waals surface area contributed by atoms with E-state index >= 15 is 0 Å². The van der Waals surface area contributed by atoms with Crippen LogP contribution in [0, 0.1) is 3.57 Å². The summed E-state index contributed by atoms with van der Waals surface area (Å²) in [7, 11) is 0. The molecule has 0 unspecified atom stereocenters. The molecular weight excluding hydrogens is 401 g/mol. The molecule has 0 spiro atoms. The second-order valence-corrected chi connectivity index (χ2v) is 7.06. The standard InChI is InChI=1S/C17H18IN5/c18-14-3-4-16(20-11-14)23-8-6-22(7-9-23)12-13-10-21-17-15(13)2-1-5-19-17/h1-5,10-11H,6-9,12H2,(H,19,21). The predicted octanol–water partition coefficient (Wildman–Crippen LogP) is 2.88. The van der Waals surface area contributed by atoms with E-state index < -0.39 is 0 Å². The normalized spacial score (nSPS) is 16.1. The van der Waals surface area contributed by atoms with Gasteiger partial charge < -0.3 is 9.88 Å². The monoisotopic (exact) mass is 419 g/mol. The Balaban J connectivity index is 1.41. The summed E-state index contributed by atoms with van der Waals surface area (Å²) in [5.41, 5.74) is 2.30. The molecule has 0 aliphatic carbocycles. The molecule has 1 aliphatic rings. The van der Waals surface area contributed by atoms with Crippen LogP contribution < -0.4 is 4.90 Å². The summed E-state index contributed by atoms with van der Waals surface area (Å²) < 4.78 is 1.18. The first-order chi connectivity index (χ1) is 11.3.